The summed E-state index contributed by atoms with van der Waals surface area (Å²) < 4.78 is 59.1. The summed E-state index contributed by atoms with van der Waals surface area (Å²) in [4.78, 5) is 0. The van der Waals surface area contributed by atoms with Crippen LogP contribution in [-0.4, -0.2) is 209 Å². The van der Waals surface area contributed by atoms with Crippen molar-refractivity contribution in [1.82, 2.24) is 0 Å². The van der Waals surface area contributed by atoms with Gasteiger partial charge in [-0.15, -0.1) is 0 Å². The summed E-state index contributed by atoms with van der Waals surface area (Å²) in [5, 5.41) is 159. The number of fused-ring (bicyclic) bond motifs is 1. The fourth-order valence-electron chi connectivity index (χ4n) is 8.56. The second-order valence-corrected chi connectivity index (χ2v) is 18.1. The molecule has 3 saturated heterocycles. The minimum Gasteiger partial charge on any atom is -0.507 e. The molecule has 3 aliphatic heterocycles. The van der Waals surface area contributed by atoms with Crippen molar-refractivity contribution < 1.29 is 124 Å². The molecule has 0 spiro atoms. The lowest BCUT2D eigenvalue weighted by molar-refractivity contribution is -0.358. The highest BCUT2D eigenvalue weighted by Crippen LogP contribution is 2.44. The summed E-state index contributed by atoms with van der Waals surface area (Å²) in [7, 11) is 1.40. The first-order valence-electron chi connectivity index (χ1n) is 23.9. The highest BCUT2D eigenvalue weighted by molar-refractivity contribution is 5.89. The van der Waals surface area contributed by atoms with Crippen LogP contribution in [0.4, 0.5) is 0 Å². The van der Waals surface area contributed by atoms with Crippen LogP contribution in [0.15, 0.2) is 89.4 Å². The van der Waals surface area contributed by atoms with E-state index in [9.17, 15) is 76.6 Å². The molecule has 0 unspecified atom stereocenters. The smallest absolute Gasteiger partial charge is 0.402 e. The van der Waals surface area contributed by atoms with E-state index < -0.39 is 123 Å². The zero-order chi connectivity index (χ0) is 55.2. The molecule has 8 rings (SSSR count). The summed E-state index contributed by atoms with van der Waals surface area (Å²) in [5.41, 5.74) is 1.01. The number of benzene rings is 4. The standard InChI is InChI=1S/C52H58O25/c1-68-35-15-24(7-10-30(35)57)5-3-13-69-21-38-41(61)44(64)47(67)51(75-38)77-49-45(65)42(62)39(22-70-12-2-4-23-6-9-28(55)31(58)14-23)76-52(49)73-36-19-27-33(71-48(36)25-8-11-29(56)32(59)16-25)17-26(54)18-34(27)72-50-46(66)43(63)40(60)37(20-53)74-50/h2-11,14-19,37-47,49-53,60-67H,12-13,20-22H2,1H3,(H5-,54,55,56,57,58,59)/p+1/t37-,38-,39-,40-,41-,42-,43+,44+,45+,46-,47-,49-,50-,51+,52-/m1/s1. The monoisotopic (exact) mass is 1080 g/mol. The van der Waals surface area contributed by atoms with Gasteiger partial charge in [-0.3, -0.25) is 0 Å². The number of phenols is 6. The molecule has 4 heterocycles. The first-order chi connectivity index (χ1) is 36.8. The van der Waals surface area contributed by atoms with E-state index in [-0.39, 0.29) is 76.6 Å². The number of ether oxygens (including phenoxy) is 9. The van der Waals surface area contributed by atoms with Crippen molar-refractivity contribution in [1.29, 1.82) is 0 Å². The maximum absolute atomic E-state index is 11.9. The van der Waals surface area contributed by atoms with Gasteiger partial charge in [-0.2, -0.15) is 0 Å². The Bertz CT molecular complexity index is 2860. The van der Waals surface area contributed by atoms with Crippen LogP contribution in [-0.2, 0) is 28.4 Å². The molecule has 0 amide bonds. The van der Waals surface area contributed by atoms with Gasteiger partial charge in [0.1, 0.15) is 84.0 Å². The zero-order valence-electron chi connectivity index (χ0n) is 40.7. The summed E-state index contributed by atoms with van der Waals surface area (Å²) in [6.07, 6.45) is -20.4. The first kappa shape index (κ1) is 56.6. The van der Waals surface area contributed by atoms with E-state index in [1.807, 2.05) is 0 Å². The number of rotatable bonds is 19. The molecule has 3 aliphatic rings. The van der Waals surface area contributed by atoms with Gasteiger partial charge >= 0.3 is 11.3 Å². The third-order valence-electron chi connectivity index (χ3n) is 12.8. The van der Waals surface area contributed by atoms with Crippen molar-refractivity contribution >= 4 is 23.1 Å². The van der Waals surface area contributed by atoms with Gasteiger partial charge in [0.2, 0.25) is 18.3 Å². The van der Waals surface area contributed by atoms with Gasteiger partial charge in [-0.05, 0) is 47.5 Å². The van der Waals surface area contributed by atoms with Crippen molar-refractivity contribution in [2.45, 2.75) is 92.1 Å². The van der Waals surface area contributed by atoms with Crippen molar-refractivity contribution in [3.05, 3.63) is 96.1 Å². The number of aliphatic hydroxyl groups is 9. The highest BCUT2D eigenvalue weighted by Gasteiger charge is 2.52. The van der Waals surface area contributed by atoms with Crippen LogP contribution in [0, 0.1) is 0 Å². The van der Waals surface area contributed by atoms with Gasteiger partial charge in [0.05, 0.1) is 51.8 Å². The van der Waals surface area contributed by atoms with Crippen LogP contribution >= 0.6 is 0 Å². The number of aliphatic hydroxyl groups excluding tert-OH is 9. The average Bonchev–Trinajstić information content (AvgIpc) is 3.41. The predicted octanol–water partition coefficient (Wildman–Crippen LogP) is 0.280. The molecule has 0 saturated carbocycles. The van der Waals surface area contributed by atoms with Crippen molar-refractivity contribution in [3.8, 4) is 63.1 Å². The normalized spacial score (nSPS) is 29.8. The molecule has 25 heteroatoms. The molecule has 5 aromatic rings. The summed E-state index contributed by atoms with van der Waals surface area (Å²) in [6, 6.07) is 15.7. The van der Waals surface area contributed by atoms with E-state index in [0.29, 0.717) is 11.1 Å². The van der Waals surface area contributed by atoms with Crippen molar-refractivity contribution in [3.63, 3.8) is 0 Å². The minimum absolute atomic E-state index is 0.0167. The maximum Gasteiger partial charge on any atom is 0.402 e. The minimum atomic E-state index is -2.01. The molecule has 3 fully saturated rings. The summed E-state index contributed by atoms with van der Waals surface area (Å²) in [5.74, 6) is -3.04. The van der Waals surface area contributed by atoms with E-state index in [4.69, 9.17) is 47.0 Å². The lowest BCUT2D eigenvalue weighted by Crippen LogP contribution is -2.65. The van der Waals surface area contributed by atoms with E-state index >= 15 is 0 Å². The molecule has 77 heavy (non-hydrogen) atoms. The Hall–Kier alpha value is -6.63. The van der Waals surface area contributed by atoms with Gasteiger partial charge in [0.25, 0.3) is 0 Å². The molecule has 0 aliphatic carbocycles. The average molecular weight is 1080 g/mol. The van der Waals surface area contributed by atoms with Crippen LogP contribution < -0.4 is 14.2 Å². The number of hydrogen-bond donors (Lipinski definition) is 15. The lowest BCUT2D eigenvalue weighted by atomic mass is 9.97. The second-order valence-electron chi connectivity index (χ2n) is 18.1. The molecule has 1 aromatic heterocycles. The van der Waals surface area contributed by atoms with E-state index in [1.165, 1.54) is 43.5 Å². The van der Waals surface area contributed by atoms with Gasteiger partial charge in [0.15, 0.2) is 46.9 Å². The molecule has 15 atom stereocenters. The predicted molar refractivity (Wildman–Crippen MR) is 262 cm³/mol. The molecular weight excluding hydrogens is 1020 g/mol. The fourth-order valence-corrected chi connectivity index (χ4v) is 8.56. The Kier molecular flexibility index (Phi) is 18.2. The van der Waals surface area contributed by atoms with Crippen molar-refractivity contribution in [2.75, 3.05) is 40.1 Å². The van der Waals surface area contributed by atoms with Crippen LogP contribution in [0.25, 0.3) is 34.4 Å². The maximum atomic E-state index is 11.9. The highest BCUT2D eigenvalue weighted by atomic mass is 16.8. The topological polar surface area (TPSA) is 398 Å². The van der Waals surface area contributed by atoms with Gasteiger partial charge in [-0.1, -0.05) is 36.4 Å². The number of methoxy groups -OCH3 is 1. The fraction of sp³-hybridized carbons (Fsp3) is 0.404. The van der Waals surface area contributed by atoms with E-state index in [0.717, 1.165) is 24.3 Å². The number of aromatic hydroxyl groups is 6. The van der Waals surface area contributed by atoms with Crippen LogP contribution in [0.3, 0.4) is 0 Å². The van der Waals surface area contributed by atoms with Gasteiger partial charge in [0, 0.05) is 18.2 Å². The molecule has 4 aromatic carbocycles. The Labute approximate surface area is 437 Å². The number of phenolic OH excluding ortho intramolecular Hbond substituents is 6. The second kappa shape index (κ2) is 24.8. The van der Waals surface area contributed by atoms with Crippen LogP contribution in [0.5, 0.6) is 51.7 Å². The van der Waals surface area contributed by atoms with Crippen LogP contribution in [0.1, 0.15) is 11.1 Å². The SMILES string of the molecule is COc1cc(C=CCOC[C@H]2O[C@@H](O[C@H]3[C@H](Oc4cc5c(O[C@@H]6O[C@H](CO)[C@@H](O)[C@H](O)[C@H]6O)cc(O)cc5[o+]c4-c4ccc(O)c(O)c4)O[C@H](COCC=Cc4ccc(O)c(O)c4)[C@@H](O)[C@@H]3O)[C@H](O)[C@@H](O)[C@@H]2O)ccc1O. The van der Waals surface area contributed by atoms with E-state index in [1.54, 1.807) is 36.4 Å². The molecule has 15 N–H and O–H groups in total. The number of hydrogen-bond acceptors (Lipinski definition) is 24. The Balaban J connectivity index is 1.11. The largest absolute Gasteiger partial charge is 0.507 e. The first-order valence-corrected chi connectivity index (χ1v) is 23.9. The lowest BCUT2D eigenvalue weighted by Gasteiger charge is -2.46. The summed E-state index contributed by atoms with van der Waals surface area (Å²) in [6.45, 7) is -1.79. The zero-order valence-corrected chi connectivity index (χ0v) is 40.7. The third kappa shape index (κ3) is 12.9. The molecule has 0 radical (unpaired) electrons. The molecule has 25 nitrogen and oxygen atoms in total. The molecule has 416 valence electrons. The molecule has 0 bridgehead atoms. The quantitative estimate of drug-likeness (QED) is 0.0300. The third-order valence-corrected chi connectivity index (χ3v) is 12.8. The Morgan fingerprint density at radius 3 is 1.68 bits per heavy atom. The van der Waals surface area contributed by atoms with E-state index in [2.05, 4.69) is 0 Å². The van der Waals surface area contributed by atoms with Gasteiger partial charge in [-0.25, -0.2) is 4.42 Å². The van der Waals surface area contributed by atoms with Gasteiger partial charge < -0.3 is 119 Å². The summed E-state index contributed by atoms with van der Waals surface area (Å²) >= 11 is 0. The Morgan fingerprint density at radius 1 is 0.506 bits per heavy atom. The van der Waals surface area contributed by atoms with Crippen molar-refractivity contribution in [2.24, 2.45) is 0 Å². The Morgan fingerprint density at radius 2 is 1.05 bits per heavy atom. The van der Waals surface area contributed by atoms with Crippen LogP contribution in [0.2, 0.25) is 0 Å². The molecular formula is C52H59O25+.